The number of aryl methyl sites for hydroxylation is 1. The van der Waals surface area contributed by atoms with Crippen molar-refractivity contribution in [2.45, 2.75) is 13.8 Å². The summed E-state index contributed by atoms with van der Waals surface area (Å²) in [4.78, 5) is 13.9. The zero-order valence-corrected chi connectivity index (χ0v) is 11.4. The summed E-state index contributed by atoms with van der Waals surface area (Å²) >= 11 is 0. The van der Waals surface area contributed by atoms with Gasteiger partial charge < -0.3 is 4.90 Å². The van der Waals surface area contributed by atoms with Crippen molar-refractivity contribution in [1.82, 2.24) is 0 Å². The Kier molecular flexibility index (Phi) is 4.13. The summed E-state index contributed by atoms with van der Waals surface area (Å²) in [5, 5.41) is 0. The second-order valence-corrected chi connectivity index (χ2v) is 4.52. The van der Waals surface area contributed by atoms with Crippen LogP contribution < -0.4 is 4.90 Å². The molecule has 0 aliphatic carbocycles. The third kappa shape index (κ3) is 2.85. The van der Waals surface area contributed by atoms with Crippen LogP contribution in [-0.4, -0.2) is 12.5 Å². The molecule has 0 aliphatic rings. The van der Waals surface area contributed by atoms with Crippen molar-refractivity contribution in [3.8, 4) is 0 Å². The highest BCUT2D eigenvalue weighted by atomic mass is 19.2. The van der Waals surface area contributed by atoms with Gasteiger partial charge in [0.2, 0.25) is 0 Å². The predicted octanol–water partition coefficient (Wildman–Crippen LogP) is 3.94. The molecule has 0 radical (unpaired) electrons. The van der Waals surface area contributed by atoms with E-state index >= 15 is 0 Å². The molecule has 0 unspecified atom stereocenters. The Morgan fingerprint density at radius 1 is 1.10 bits per heavy atom. The van der Waals surface area contributed by atoms with Gasteiger partial charge >= 0.3 is 0 Å². The van der Waals surface area contributed by atoms with E-state index in [1.165, 1.54) is 11.0 Å². The number of anilines is 1. The van der Waals surface area contributed by atoms with Crippen LogP contribution in [0.15, 0.2) is 42.5 Å². The Bertz CT molecular complexity index is 640. The maximum Gasteiger partial charge on any atom is 0.258 e. The molecule has 2 aromatic carbocycles. The summed E-state index contributed by atoms with van der Waals surface area (Å²) < 4.78 is 26.1. The SMILES string of the molecule is CCN(C(=O)c1ccc(F)c(F)c1)c1cccc(C)c1. The lowest BCUT2D eigenvalue weighted by Crippen LogP contribution is -2.30. The highest BCUT2D eigenvalue weighted by molar-refractivity contribution is 6.06. The van der Waals surface area contributed by atoms with Crippen molar-refractivity contribution in [2.75, 3.05) is 11.4 Å². The lowest BCUT2D eigenvalue weighted by Gasteiger charge is -2.21. The number of hydrogen-bond acceptors (Lipinski definition) is 1. The number of halogens is 2. The van der Waals surface area contributed by atoms with Crippen LogP contribution in [0.3, 0.4) is 0 Å². The van der Waals surface area contributed by atoms with Crippen LogP contribution in [0.1, 0.15) is 22.8 Å². The quantitative estimate of drug-likeness (QED) is 0.830. The number of carbonyl (C=O) groups is 1. The van der Waals surface area contributed by atoms with E-state index in [1.54, 1.807) is 0 Å². The maximum absolute atomic E-state index is 13.2. The molecule has 0 spiro atoms. The smallest absolute Gasteiger partial charge is 0.258 e. The number of nitrogens with zero attached hydrogens (tertiary/aromatic N) is 1. The molecule has 20 heavy (non-hydrogen) atoms. The molecule has 4 heteroatoms. The van der Waals surface area contributed by atoms with Crippen molar-refractivity contribution in [3.05, 3.63) is 65.2 Å². The zero-order chi connectivity index (χ0) is 14.7. The van der Waals surface area contributed by atoms with E-state index in [-0.39, 0.29) is 11.5 Å². The molecule has 0 saturated carbocycles. The van der Waals surface area contributed by atoms with E-state index < -0.39 is 11.6 Å². The van der Waals surface area contributed by atoms with Crippen molar-refractivity contribution in [1.29, 1.82) is 0 Å². The summed E-state index contributed by atoms with van der Waals surface area (Å²) in [6.45, 7) is 4.21. The monoisotopic (exact) mass is 275 g/mol. The van der Waals surface area contributed by atoms with Gasteiger partial charge in [-0.1, -0.05) is 12.1 Å². The minimum atomic E-state index is -1.02. The van der Waals surface area contributed by atoms with E-state index in [9.17, 15) is 13.6 Å². The average Bonchev–Trinajstić information content (AvgIpc) is 2.42. The second-order valence-electron chi connectivity index (χ2n) is 4.52. The summed E-state index contributed by atoms with van der Waals surface area (Å²) in [5.74, 6) is -2.33. The first-order valence-corrected chi connectivity index (χ1v) is 6.36. The van der Waals surface area contributed by atoms with E-state index in [0.29, 0.717) is 6.54 Å². The number of carbonyl (C=O) groups excluding carboxylic acids is 1. The van der Waals surface area contributed by atoms with E-state index in [0.717, 1.165) is 23.4 Å². The van der Waals surface area contributed by atoms with Crippen LogP contribution in [0, 0.1) is 18.6 Å². The fraction of sp³-hybridized carbons (Fsp3) is 0.188. The molecule has 0 saturated heterocycles. The van der Waals surface area contributed by atoms with Gasteiger partial charge in [0.15, 0.2) is 11.6 Å². The molecule has 0 N–H and O–H groups in total. The van der Waals surface area contributed by atoms with Gasteiger partial charge in [0.1, 0.15) is 0 Å². The Morgan fingerprint density at radius 2 is 1.85 bits per heavy atom. The Balaban J connectivity index is 2.36. The van der Waals surface area contributed by atoms with Gasteiger partial charge in [0.25, 0.3) is 5.91 Å². The lowest BCUT2D eigenvalue weighted by molar-refractivity contribution is 0.0988. The first kappa shape index (κ1) is 14.2. The molecule has 104 valence electrons. The summed E-state index contributed by atoms with van der Waals surface area (Å²) in [5.41, 5.74) is 1.90. The third-order valence-corrected chi connectivity index (χ3v) is 3.04. The molecule has 2 nitrogen and oxygen atoms in total. The molecule has 2 rings (SSSR count). The Morgan fingerprint density at radius 3 is 2.45 bits per heavy atom. The topological polar surface area (TPSA) is 20.3 Å². The van der Waals surface area contributed by atoms with Crippen molar-refractivity contribution in [2.24, 2.45) is 0 Å². The van der Waals surface area contributed by atoms with Gasteiger partial charge in [-0.15, -0.1) is 0 Å². The van der Waals surface area contributed by atoms with Gasteiger partial charge in [-0.3, -0.25) is 4.79 Å². The number of rotatable bonds is 3. The van der Waals surface area contributed by atoms with Crippen LogP contribution in [0.25, 0.3) is 0 Å². The lowest BCUT2D eigenvalue weighted by atomic mass is 10.1. The van der Waals surface area contributed by atoms with Gasteiger partial charge in [0, 0.05) is 17.8 Å². The van der Waals surface area contributed by atoms with Crippen molar-refractivity contribution < 1.29 is 13.6 Å². The fourth-order valence-corrected chi connectivity index (χ4v) is 2.02. The second kappa shape index (κ2) is 5.82. The van der Waals surface area contributed by atoms with Crippen LogP contribution in [0.5, 0.6) is 0 Å². The molecular formula is C16H15F2NO. The number of amides is 1. The van der Waals surface area contributed by atoms with Crippen LogP contribution in [0.4, 0.5) is 14.5 Å². The van der Waals surface area contributed by atoms with E-state index in [2.05, 4.69) is 0 Å². The fourth-order valence-electron chi connectivity index (χ4n) is 2.02. The van der Waals surface area contributed by atoms with Gasteiger partial charge in [0.05, 0.1) is 0 Å². The first-order valence-electron chi connectivity index (χ1n) is 6.36. The molecule has 1 amide bonds. The Hall–Kier alpha value is -2.23. The van der Waals surface area contributed by atoms with Crippen LogP contribution in [-0.2, 0) is 0 Å². The highest BCUT2D eigenvalue weighted by Gasteiger charge is 2.17. The van der Waals surface area contributed by atoms with Gasteiger partial charge in [-0.2, -0.15) is 0 Å². The zero-order valence-electron chi connectivity index (χ0n) is 11.4. The molecule has 2 aromatic rings. The summed E-state index contributed by atoms with van der Waals surface area (Å²) in [6.07, 6.45) is 0. The van der Waals surface area contributed by atoms with Crippen molar-refractivity contribution in [3.63, 3.8) is 0 Å². The minimum absolute atomic E-state index is 0.132. The summed E-state index contributed by atoms with van der Waals surface area (Å²) in [6, 6.07) is 10.7. The molecular weight excluding hydrogens is 260 g/mol. The molecule has 0 aromatic heterocycles. The standard InChI is InChI=1S/C16H15F2NO/c1-3-19(13-6-4-5-11(2)9-13)16(20)12-7-8-14(17)15(18)10-12/h4-10H,3H2,1-2H3. The molecule has 0 atom stereocenters. The van der Waals surface area contributed by atoms with E-state index in [1.807, 2.05) is 38.1 Å². The first-order chi connectivity index (χ1) is 9.52. The van der Waals surface area contributed by atoms with E-state index in [4.69, 9.17) is 0 Å². The Labute approximate surface area is 116 Å². The van der Waals surface area contributed by atoms with Crippen LogP contribution in [0.2, 0.25) is 0 Å². The molecule has 0 aliphatic heterocycles. The van der Waals surface area contributed by atoms with Crippen LogP contribution >= 0.6 is 0 Å². The highest BCUT2D eigenvalue weighted by Crippen LogP contribution is 2.19. The average molecular weight is 275 g/mol. The third-order valence-electron chi connectivity index (χ3n) is 3.04. The number of benzene rings is 2. The predicted molar refractivity (Wildman–Crippen MR) is 74.9 cm³/mol. The molecule has 0 heterocycles. The number of hydrogen-bond donors (Lipinski definition) is 0. The molecule has 0 fully saturated rings. The van der Waals surface area contributed by atoms with Gasteiger partial charge in [-0.05, 0) is 49.7 Å². The summed E-state index contributed by atoms with van der Waals surface area (Å²) in [7, 11) is 0. The maximum atomic E-state index is 13.2. The largest absolute Gasteiger partial charge is 0.309 e. The van der Waals surface area contributed by atoms with Crippen molar-refractivity contribution >= 4 is 11.6 Å². The minimum Gasteiger partial charge on any atom is -0.309 e. The normalized spacial score (nSPS) is 10.4. The van der Waals surface area contributed by atoms with Gasteiger partial charge in [-0.25, -0.2) is 8.78 Å². The molecule has 0 bridgehead atoms.